The van der Waals surface area contributed by atoms with Crippen LogP contribution in [0.5, 0.6) is 0 Å². The van der Waals surface area contributed by atoms with Crippen molar-refractivity contribution in [3.05, 3.63) is 40.5 Å². The number of aromatic nitrogens is 3. The molecule has 1 amide bonds. The second-order valence-corrected chi connectivity index (χ2v) is 3.88. The van der Waals surface area contributed by atoms with Crippen molar-refractivity contribution in [2.75, 3.05) is 0 Å². The van der Waals surface area contributed by atoms with E-state index in [0.717, 1.165) is 4.68 Å². The van der Waals surface area contributed by atoms with Gasteiger partial charge in [0.05, 0.1) is 0 Å². The van der Waals surface area contributed by atoms with Crippen molar-refractivity contribution in [2.24, 2.45) is 5.73 Å². The minimum atomic E-state index is -0.670. The van der Waals surface area contributed by atoms with E-state index >= 15 is 0 Å². The third-order valence-corrected chi connectivity index (χ3v) is 2.28. The number of pyridine rings is 1. The molecule has 82 valence electrons. The SMILES string of the molecule is NC(=O)c1ccn(-c2ncc(Br)cc2F)n1. The third kappa shape index (κ3) is 1.94. The Morgan fingerprint density at radius 3 is 2.88 bits per heavy atom. The Balaban J connectivity index is 2.46. The van der Waals surface area contributed by atoms with Crippen molar-refractivity contribution in [1.29, 1.82) is 0 Å². The summed E-state index contributed by atoms with van der Waals surface area (Å²) in [6, 6.07) is 2.65. The largest absolute Gasteiger partial charge is 0.364 e. The number of nitrogens with two attached hydrogens (primary N) is 1. The summed E-state index contributed by atoms with van der Waals surface area (Å²) in [6.07, 6.45) is 2.85. The second kappa shape index (κ2) is 4.01. The summed E-state index contributed by atoms with van der Waals surface area (Å²) in [5.41, 5.74) is 5.09. The molecule has 2 aromatic heterocycles. The van der Waals surface area contributed by atoms with Crippen LogP contribution in [0.1, 0.15) is 10.5 Å². The van der Waals surface area contributed by atoms with Gasteiger partial charge in [0, 0.05) is 16.9 Å². The molecule has 2 N–H and O–H groups in total. The summed E-state index contributed by atoms with van der Waals surface area (Å²) in [7, 11) is 0. The molecule has 2 heterocycles. The van der Waals surface area contributed by atoms with Crippen LogP contribution in [0.3, 0.4) is 0 Å². The molecule has 0 aliphatic heterocycles. The Kier molecular flexibility index (Phi) is 2.69. The van der Waals surface area contributed by atoms with Gasteiger partial charge in [-0.15, -0.1) is 0 Å². The highest BCUT2D eigenvalue weighted by Gasteiger charge is 2.10. The average molecular weight is 285 g/mol. The van der Waals surface area contributed by atoms with Crippen LogP contribution in [0.4, 0.5) is 4.39 Å². The van der Waals surface area contributed by atoms with Crippen molar-refractivity contribution >= 4 is 21.8 Å². The predicted octanol–water partition coefficient (Wildman–Crippen LogP) is 1.27. The van der Waals surface area contributed by atoms with Crippen LogP contribution in [-0.4, -0.2) is 20.7 Å². The molecule has 5 nitrogen and oxygen atoms in total. The molecule has 2 aromatic rings. The first-order valence-electron chi connectivity index (χ1n) is 4.25. The van der Waals surface area contributed by atoms with Crippen LogP contribution in [0.2, 0.25) is 0 Å². The molecule has 0 atom stereocenters. The molecule has 0 aliphatic rings. The summed E-state index contributed by atoms with van der Waals surface area (Å²) in [5.74, 6) is -1.21. The van der Waals surface area contributed by atoms with E-state index in [-0.39, 0.29) is 11.5 Å². The number of hydrogen-bond donors (Lipinski definition) is 1. The smallest absolute Gasteiger partial charge is 0.269 e. The Hall–Kier alpha value is -1.76. The molecule has 0 aromatic carbocycles. The molecule has 16 heavy (non-hydrogen) atoms. The summed E-state index contributed by atoms with van der Waals surface area (Å²) in [5, 5.41) is 3.79. The molecule has 7 heteroatoms. The van der Waals surface area contributed by atoms with E-state index in [0.29, 0.717) is 4.47 Å². The lowest BCUT2D eigenvalue weighted by Crippen LogP contribution is -2.12. The quantitative estimate of drug-likeness (QED) is 0.902. The van der Waals surface area contributed by atoms with Gasteiger partial charge in [0.2, 0.25) is 0 Å². The van der Waals surface area contributed by atoms with Crippen molar-refractivity contribution in [3.63, 3.8) is 0 Å². The maximum atomic E-state index is 13.5. The van der Waals surface area contributed by atoms with E-state index in [2.05, 4.69) is 26.0 Å². The predicted molar refractivity (Wildman–Crippen MR) is 57.5 cm³/mol. The topological polar surface area (TPSA) is 73.8 Å². The number of amides is 1. The Labute approximate surface area is 98.2 Å². The molecule has 0 saturated carbocycles. The van der Waals surface area contributed by atoms with Gasteiger partial charge in [-0.05, 0) is 28.1 Å². The lowest BCUT2D eigenvalue weighted by molar-refractivity contribution is 0.0995. The first kappa shape index (κ1) is 10.7. The Morgan fingerprint density at radius 2 is 2.31 bits per heavy atom. The van der Waals surface area contributed by atoms with Crippen LogP contribution >= 0.6 is 15.9 Å². The number of carbonyl (C=O) groups excluding carboxylic acids is 1. The van der Waals surface area contributed by atoms with Crippen LogP contribution < -0.4 is 5.73 Å². The zero-order chi connectivity index (χ0) is 11.7. The highest BCUT2D eigenvalue weighted by atomic mass is 79.9. The van der Waals surface area contributed by atoms with Crippen molar-refractivity contribution in [3.8, 4) is 5.82 Å². The standard InChI is InChI=1S/C9H6BrFN4O/c10-5-3-6(11)9(13-4-5)15-2-1-7(14-15)8(12)16/h1-4H,(H2,12,16). The number of carbonyl (C=O) groups is 1. The number of rotatable bonds is 2. The van der Waals surface area contributed by atoms with Crippen molar-refractivity contribution < 1.29 is 9.18 Å². The molecule has 0 aliphatic carbocycles. The van der Waals surface area contributed by atoms with Gasteiger partial charge >= 0.3 is 0 Å². The van der Waals surface area contributed by atoms with E-state index in [1.807, 2.05) is 0 Å². The van der Waals surface area contributed by atoms with E-state index in [1.54, 1.807) is 0 Å². The monoisotopic (exact) mass is 284 g/mol. The summed E-state index contributed by atoms with van der Waals surface area (Å²) < 4.78 is 15.2. The lowest BCUT2D eigenvalue weighted by Gasteiger charge is -2.01. The van der Waals surface area contributed by atoms with E-state index in [4.69, 9.17) is 5.73 Å². The summed E-state index contributed by atoms with van der Waals surface area (Å²) in [6.45, 7) is 0. The first-order valence-corrected chi connectivity index (χ1v) is 5.04. The van der Waals surface area contributed by atoms with Crippen LogP contribution in [0.15, 0.2) is 29.0 Å². The van der Waals surface area contributed by atoms with E-state index < -0.39 is 11.7 Å². The first-order chi connectivity index (χ1) is 7.58. The fourth-order valence-corrected chi connectivity index (χ4v) is 1.45. The number of nitrogens with zero attached hydrogens (tertiary/aromatic N) is 3. The van der Waals surface area contributed by atoms with Gasteiger partial charge in [-0.3, -0.25) is 4.79 Å². The Morgan fingerprint density at radius 1 is 1.56 bits per heavy atom. The molecular weight excluding hydrogens is 279 g/mol. The van der Waals surface area contributed by atoms with Gasteiger partial charge in [0.25, 0.3) is 5.91 Å². The highest BCUT2D eigenvalue weighted by molar-refractivity contribution is 9.10. The van der Waals surface area contributed by atoms with Crippen LogP contribution in [0, 0.1) is 5.82 Å². The fourth-order valence-electron chi connectivity index (χ4n) is 1.15. The third-order valence-electron chi connectivity index (χ3n) is 1.85. The molecular formula is C9H6BrFN4O. The van der Waals surface area contributed by atoms with Crippen LogP contribution in [-0.2, 0) is 0 Å². The fraction of sp³-hybridized carbons (Fsp3) is 0. The van der Waals surface area contributed by atoms with Gasteiger partial charge in [-0.2, -0.15) is 5.10 Å². The second-order valence-electron chi connectivity index (χ2n) is 2.97. The number of primary amides is 1. The summed E-state index contributed by atoms with van der Waals surface area (Å²) >= 11 is 3.09. The average Bonchev–Trinajstić information content (AvgIpc) is 2.66. The van der Waals surface area contributed by atoms with E-state index in [9.17, 15) is 9.18 Å². The normalized spacial score (nSPS) is 10.4. The van der Waals surface area contributed by atoms with Crippen molar-refractivity contribution in [2.45, 2.75) is 0 Å². The molecule has 0 spiro atoms. The van der Waals surface area contributed by atoms with Crippen LogP contribution in [0.25, 0.3) is 5.82 Å². The minimum absolute atomic E-state index is 0.00991. The van der Waals surface area contributed by atoms with Gasteiger partial charge in [0.15, 0.2) is 11.6 Å². The minimum Gasteiger partial charge on any atom is -0.364 e. The number of halogens is 2. The highest BCUT2D eigenvalue weighted by Crippen LogP contribution is 2.15. The van der Waals surface area contributed by atoms with Gasteiger partial charge < -0.3 is 5.73 Å². The zero-order valence-electron chi connectivity index (χ0n) is 7.89. The van der Waals surface area contributed by atoms with Gasteiger partial charge in [0.1, 0.15) is 5.69 Å². The lowest BCUT2D eigenvalue weighted by atomic mass is 10.4. The van der Waals surface area contributed by atoms with E-state index in [1.165, 1.54) is 24.5 Å². The van der Waals surface area contributed by atoms with Gasteiger partial charge in [-0.1, -0.05) is 0 Å². The molecule has 0 radical (unpaired) electrons. The molecule has 2 rings (SSSR count). The maximum Gasteiger partial charge on any atom is 0.269 e. The molecule has 0 unspecified atom stereocenters. The molecule has 0 fully saturated rings. The number of hydrogen-bond acceptors (Lipinski definition) is 3. The molecule has 0 saturated heterocycles. The van der Waals surface area contributed by atoms with Crippen molar-refractivity contribution in [1.82, 2.24) is 14.8 Å². The zero-order valence-corrected chi connectivity index (χ0v) is 9.48. The molecule has 0 bridgehead atoms. The summed E-state index contributed by atoms with van der Waals surface area (Å²) in [4.78, 5) is 14.7. The Bertz CT molecular complexity index is 554. The maximum absolute atomic E-state index is 13.5. The van der Waals surface area contributed by atoms with Gasteiger partial charge in [-0.25, -0.2) is 14.1 Å².